The normalized spacial score (nSPS) is 20.4. The van der Waals surface area contributed by atoms with Crippen LogP contribution in [0.2, 0.25) is 0 Å². The standard InChI is InChI=1S/C11H14FNS/c1-7(2)10-6-14-11-5-8(12)3-4-9(11)13-10/h3-5,7,10,13H,6H2,1-2H3. The maximum Gasteiger partial charge on any atom is 0.124 e. The smallest absolute Gasteiger partial charge is 0.124 e. The van der Waals surface area contributed by atoms with Gasteiger partial charge in [-0.3, -0.25) is 0 Å². The monoisotopic (exact) mass is 211 g/mol. The number of thioether (sulfide) groups is 1. The first-order valence-electron chi connectivity index (χ1n) is 4.85. The molecule has 1 nitrogen and oxygen atoms in total. The summed E-state index contributed by atoms with van der Waals surface area (Å²) >= 11 is 1.74. The molecule has 1 N–H and O–H groups in total. The van der Waals surface area contributed by atoms with E-state index in [4.69, 9.17) is 0 Å². The van der Waals surface area contributed by atoms with Crippen molar-refractivity contribution in [3.05, 3.63) is 24.0 Å². The molecular weight excluding hydrogens is 197 g/mol. The van der Waals surface area contributed by atoms with Crippen LogP contribution in [0.1, 0.15) is 13.8 Å². The van der Waals surface area contributed by atoms with E-state index in [0.29, 0.717) is 12.0 Å². The Bertz CT molecular complexity index is 338. The highest BCUT2D eigenvalue weighted by Crippen LogP contribution is 2.35. The fourth-order valence-electron chi connectivity index (χ4n) is 1.51. The number of halogens is 1. The highest BCUT2D eigenvalue weighted by molar-refractivity contribution is 7.99. The minimum absolute atomic E-state index is 0.152. The number of fused-ring (bicyclic) bond motifs is 1. The average Bonchev–Trinajstić information content (AvgIpc) is 2.16. The van der Waals surface area contributed by atoms with Crippen LogP contribution in [0, 0.1) is 11.7 Å². The predicted octanol–water partition coefficient (Wildman–Crippen LogP) is 3.37. The van der Waals surface area contributed by atoms with Crippen molar-refractivity contribution < 1.29 is 4.39 Å². The number of rotatable bonds is 1. The van der Waals surface area contributed by atoms with E-state index in [0.717, 1.165) is 16.3 Å². The highest BCUT2D eigenvalue weighted by Gasteiger charge is 2.20. The van der Waals surface area contributed by atoms with E-state index in [2.05, 4.69) is 19.2 Å². The number of anilines is 1. The summed E-state index contributed by atoms with van der Waals surface area (Å²) in [4.78, 5) is 1.03. The molecule has 0 radical (unpaired) electrons. The summed E-state index contributed by atoms with van der Waals surface area (Å²) < 4.78 is 12.9. The lowest BCUT2D eigenvalue weighted by molar-refractivity contribution is 0.561. The van der Waals surface area contributed by atoms with Gasteiger partial charge in [-0.25, -0.2) is 4.39 Å². The molecule has 1 aliphatic heterocycles. The molecule has 1 atom stereocenters. The molecule has 0 amide bonds. The number of hydrogen-bond acceptors (Lipinski definition) is 2. The molecule has 0 aliphatic carbocycles. The summed E-state index contributed by atoms with van der Waals surface area (Å²) in [5, 5.41) is 3.44. The van der Waals surface area contributed by atoms with E-state index in [9.17, 15) is 4.39 Å². The molecule has 1 unspecified atom stereocenters. The quantitative estimate of drug-likeness (QED) is 0.764. The summed E-state index contributed by atoms with van der Waals surface area (Å²) in [5.41, 5.74) is 1.07. The molecule has 0 saturated heterocycles. The maximum atomic E-state index is 12.9. The van der Waals surface area contributed by atoms with Gasteiger partial charge in [0, 0.05) is 22.4 Å². The van der Waals surface area contributed by atoms with E-state index >= 15 is 0 Å². The van der Waals surface area contributed by atoms with E-state index in [1.807, 2.05) is 6.07 Å². The minimum atomic E-state index is -0.152. The largest absolute Gasteiger partial charge is 0.380 e. The van der Waals surface area contributed by atoms with Crippen molar-refractivity contribution >= 4 is 17.4 Å². The summed E-state index contributed by atoms with van der Waals surface area (Å²) in [5.74, 6) is 1.48. The second kappa shape index (κ2) is 3.81. The van der Waals surface area contributed by atoms with Crippen LogP contribution in [0.15, 0.2) is 23.1 Å². The van der Waals surface area contributed by atoms with Crippen LogP contribution in [-0.2, 0) is 0 Å². The van der Waals surface area contributed by atoms with E-state index < -0.39 is 0 Å². The van der Waals surface area contributed by atoms with Gasteiger partial charge in [0.15, 0.2) is 0 Å². The van der Waals surface area contributed by atoms with Crippen LogP contribution in [0.5, 0.6) is 0 Å². The van der Waals surface area contributed by atoms with E-state index in [-0.39, 0.29) is 5.82 Å². The Balaban J connectivity index is 2.23. The lowest BCUT2D eigenvalue weighted by Gasteiger charge is -2.29. The highest BCUT2D eigenvalue weighted by atomic mass is 32.2. The molecule has 1 aromatic rings. The summed E-state index contributed by atoms with van der Waals surface area (Å²) in [7, 11) is 0. The molecule has 3 heteroatoms. The van der Waals surface area contributed by atoms with Gasteiger partial charge in [0.2, 0.25) is 0 Å². The van der Waals surface area contributed by atoms with Gasteiger partial charge < -0.3 is 5.32 Å². The summed E-state index contributed by atoms with van der Waals surface area (Å²) in [6, 6.07) is 5.43. The first-order chi connectivity index (χ1) is 6.66. The van der Waals surface area contributed by atoms with Crippen molar-refractivity contribution in [2.24, 2.45) is 5.92 Å². The van der Waals surface area contributed by atoms with E-state index in [1.165, 1.54) is 6.07 Å². The lowest BCUT2D eigenvalue weighted by atomic mass is 10.1. The van der Waals surface area contributed by atoms with Gasteiger partial charge >= 0.3 is 0 Å². The van der Waals surface area contributed by atoms with Crippen molar-refractivity contribution in [3.63, 3.8) is 0 Å². The minimum Gasteiger partial charge on any atom is -0.380 e. The van der Waals surface area contributed by atoms with Crippen LogP contribution < -0.4 is 5.32 Å². The molecule has 76 valence electrons. The van der Waals surface area contributed by atoms with Crippen LogP contribution in [-0.4, -0.2) is 11.8 Å². The Morgan fingerprint density at radius 3 is 3.00 bits per heavy atom. The molecule has 1 aliphatic rings. The zero-order valence-electron chi connectivity index (χ0n) is 8.38. The molecule has 0 saturated carbocycles. The lowest BCUT2D eigenvalue weighted by Crippen LogP contribution is -2.30. The fraction of sp³-hybridized carbons (Fsp3) is 0.455. The van der Waals surface area contributed by atoms with Crippen molar-refractivity contribution in [1.29, 1.82) is 0 Å². The number of benzene rings is 1. The van der Waals surface area contributed by atoms with Crippen LogP contribution >= 0.6 is 11.8 Å². The van der Waals surface area contributed by atoms with Gasteiger partial charge in [-0.15, -0.1) is 11.8 Å². The van der Waals surface area contributed by atoms with Gasteiger partial charge in [0.25, 0.3) is 0 Å². The van der Waals surface area contributed by atoms with Crippen LogP contribution in [0.4, 0.5) is 10.1 Å². The summed E-state index contributed by atoms with van der Waals surface area (Å²) in [6.07, 6.45) is 0. The van der Waals surface area contributed by atoms with E-state index in [1.54, 1.807) is 17.8 Å². The molecule has 0 fully saturated rings. The van der Waals surface area contributed by atoms with Crippen LogP contribution in [0.3, 0.4) is 0 Å². The first-order valence-corrected chi connectivity index (χ1v) is 5.84. The summed E-state index contributed by atoms with van der Waals surface area (Å²) in [6.45, 7) is 4.40. The van der Waals surface area contributed by atoms with Crippen molar-refractivity contribution in [2.45, 2.75) is 24.8 Å². The Morgan fingerprint density at radius 2 is 2.29 bits per heavy atom. The molecule has 1 heterocycles. The Morgan fingerprint density at radius 1 is 1.50 bits per heavy atom. The third kappa shape index (κ3) is 1.87. The SMILES string of the molecule is CC(C)C1CSc2cc(F)ccc2N1. The third-order valence-corrected chi connectivity index (χ3v) is 3.68. The zero-order valence-corrected chi connectivity index (χ0v) is 9.20. The molecule has 0 spiro atoms. The Kier molecular flexibility index (Phi) is 2.68. The van der Waals surface area contributed by atoms with Crippen LogP contribution in [0.25, 0.3) is 0 Å². The number of nitrogens with one attached hydrogen (secondary N) is 1. The van der Waals surface area contributed by atoms with Gasteiger partial charge in [-0.05, 0) is 24.1 Å². The van der Waals surface area contributed by atoms with Gasteiger partial charge in [-0.1, -0.05) is 13.8 Å². The molecular formula is C11H14FNS. The predicted molar refractivity (Wildman–Crippen MR) is 59.4 cm³/mol. The van der Waals surface area contributed by atoms with Crippen molar-refractivity contribution in [1.82, 2.24) is 0 Å². The van der Waals surface area contributed by atoms with Crippen molar-refractivity contribution in [3.8, 4) is 0 Å². The second-order valence-corrected chi connectivity index (χ2v) is 5.01. The van der Waals surface area contributed by atoms with Gasteiger partial charge in [-0.2, -0.15) is 0 Å². The Hall–Kier alpha value is -0.700. The Labute approximate surface area is 88.1 Å². The zero-order chi connectivity index (χ0) is 10.1. The average molecular weight is 211 g/mol. The van der Waals surface area contributed by atoms with Crippen molar-refractivity contribution in [2.75, 3.05) is 11.1 Å². The fourth-order valence-corrected chi connectivity index (χ4v) is 2.82. The molecule has 0 aromatic heterocycles. The van der Waals surface area contributed by atoms with Gasteiger partial charge in [0.1, 0.15) is 5.82 Å². The first kappa shape index (κ1) is 9.84. The topological polar surface area (TPSA) is 12.0 Å². The second-order valence-electron chi connectivity index (χ2n) is 3.95. The third-order valence-electron chi connectivity index (χ3n) is 2.51. The molecule has 2 rings (SSSR count). The number of hydrogen-bond donors (Lipinski definition) is 1. The molecule has 14 heavy (non-hydrogen) atoms. The maximum absolute atomic E-state index is 12.9. The molecule has 0 bridgehead atoms. The molecule has 1 aromatic carbocycles. The van der Waals surface area contributed by atoms with Gasteiger partial charge in [0.05, 0.1) is 0 Å².